The highest BCUT2D eigenvalue weighted by atomic mass is 16.3. The minimum absolute atomic E-state index is 0.305. The zero-order valence-corrected chi connectivity index (χ0v) is 10.8. The number of aliphatic hydroxyl groups is 1. The molecule has 0 heterocycles. The third-order valence-corrected chi connectivity index (χ3v) is 4.51. The van der Waals surface area contributed by atoms with Crippen molar-refractivity contribution in [2.45, 2.75) is 52.1 Å². The van der Waals surface area contributed by atoms with E-state index in [0.717, 1.165) is 25.7 Å². The van der Waals surface area contributed by atoms with Crippen molar-refractivity contribution in [3.05, 3.63) is 23.8 Å². The van der Waals surface area contributed by atoms with Crippen LogP contribution in [0.4, 0.5) is 0 Å². The summed E-state index contributed by atoms with van der Waals surface area (Å²) in [5.41, 5.74) is 2.35. The van der Waals surface area contributed by atoms with Gasteiger partial charge in [-0.3, -0.25) is 0 Å². The number of fused-ring (bicyclic) bond motifs is 1. The third kappa shape index (κ3) is 1.98. The van der Waals surface area contributed by atoms with Crippen LogP contribution in [-0.4, -0.2) is 10.7 Å². The lowest BCUT2D eigenvalue weighted by Gasteiger charge is -2.27. The highest BCUT2D eigenvalue weighted by Gasteiger charge is 2.44. The summed E-state index contributed by atoms with van der Waals surface area (Å²) < 4.78 is 0. The SMILES string of the molecule is C=C1CCC(C(C)C)=C[C@@H]2[C@H]1CC[C@@]2(C)O. The average Bonchev–Trinajstić information content (AvgIpc) is 2.38. The largest absolute Gasteiger partial charge is 0.390 e. The molecule has 0 spiro atoms. The molecule has 1 saturated carbocycles. The monoisotopic (exact) mass is 220 g/mol. The van der Waals surface area contributed by atoms with Gasteiger partial charge < -0.3 is 5.11 Å². The van der Waals surface area contributed by atoms with Crippen LogP contribution in [0.25, 0.3) is 0 Å². The molecule has 90 valence electrons. The maximum absolute atomic E-state index is 10.4. The Bertz CT molecular complexity index is 322. The van der Waals surface area contributed by atoms with Gasteiger partial charge in [-0.15, -0.1) is 0 Å². The van der Waals surface area contributed by atoms with E-state index in [0.29, 0.717) is 17.8 Å². The lowest BCUT2D eigenvalue weighted by molar-refractivity contribution is 0.0330. The van der Waals surface area contributed by atoms with E-state index in [1.807, 2.05) is 6.92 Å². The van der Waals surface area contributed by atoms with Crippen molar-refractivity contribution in [2.75, 3.05) is 0 Å². The lowest BCUT2D eigenvalue weighted by Crippen LogP contribution is -2.30. The van der Waals surface area contributed by atoms with Crippen LogP contribution in [-0.2, 0) is 0 Å². The zero-order valence-electron chi connectivity index (χ0n) is 10.8. The van der Waals surface area contributed by atoms with Crippen molar-refractivity contribution in [3.63, 3.8) is 0 Å². The van der Waals surface area contributed by atoms with Gasteiger partial charge in [0.05, 0.1) is 5.60 Å². The molecule has 0 amide bonds. The summed E-state index contributed by atoms with van der Waals surface area (Å²) in [5, 5.41) is 10.4. The molecule has 2 aliphatic rings. The number of hydrogen-bond donors (Lipinski definition) is 1. The molecule has 0 aliphatic heterocycles. The molecular formula is C15H24O. The van der Waals surface area contributed by atoms with E-state index in [1.54, 1.807) is 0 Å². The normalized spacial score (nSPS) is 39.6. The molecule has 0 saturated heterocycles. The van der Waals surface area contributed by atoms with Gasteiger partial charge in [-0.2, -0.15) is 0 Å². The molecule has 1 N–H and O–H groups in total. The summed E-state index contributed by atoms with van der Waals surface area (Å²) in [4.78, 5) is 0. The van der Waals surface area contributed by atoms with Crippen LogP contribution in [0, 0.1) is 17.8 Å². The molecule has 0 aromatic rings. The molecule has 1 nitrogen and oxygen atoms in total. The van der Waals surface area contributed by atoms with Crippen molar-refractivity contribution in [3.8, 4) is 0 Å². The lowest BCUT2D eigenvalue weighted by atomic mass is 9.83. The van der Waals surface area contributed by atoms with Gasteiger partial charge in [0.25, 0.3) is 0 Å². The van der Waals surface area contributed by atoms with Crippen LogP contribution in [0.1, 0.15) is 46.5 Å². The van der Waals surface area contributed by atoms with E-state index in [-0.39, 0.29) is 0 Å². The first kappa shape index (κ1) is 11.9. The molecule has 1 heteroatoms. The molecule has 2 rings (SSSR count). The van der Waals surface area contributed by atoms with Crippen molar-refractivity contribution >= 4 is 0 Å². The molecule has 0 aromatic heterocycles. The van der Waals surface area contributed by atoms with Gasteiger partial charge in [-0.05, 0) is 44.4 Å². The first-order valence-corrected chi connectivity index (χ1v) is 6.52. The Morgan fingerprint density at radius 2 is 2.12 bits per heavy atom. The predicted molar refractivity (Wildman–Crippen MR) is 68.1 cm³/mol. The van der Waals surface area contributed by atoms with Gasteiger partial charge in [0, 0.05) is 5.92 Å². The van der Waals surface area contributed by atoms with E-state index in [9.17, 15) is 5.11 Å². The molecule has 0 aromatic carbocycles. The summed E-state index contributed by atoms with van der Waals surface area (Å²) >= 11 is 0. The highest BCUT2D eigenvalue weighted by Crippen LogP contribution is 2.48. The minimum Gasteiger partial charge on any atom is -0.390 e. The Morgan fingerprint density at radius 3 is 2.75 bits per heavy atom. The summed E-state index contributed by atoms with van der Waals surface area (Å²) in [5.74, 6) is 1.43. The fourth-order valence-electron chi connectivity index (χ4n) is 3.27. The van der Waals surface area contributed by atoms with E-state index in [2.05, 4.69) is 26.5 Å². The minimum atomic E-state index is -0.516. The fraction of sp³-hybridized carbons (Fsp3) is 0.733. The van der Waals surface area contributed by atoms with Gasteiger partial charge in [-0.25, -0.2) is 0 Å². The summed E-state index contributed by atoms with van der Waals surface area (Å²) in [6, 6.07) is 0. The Kier molecular flexibility index (Phi) is 3.00. The van der Waals surface area contributed by atoms with Crippen molar-refractivity contribution in [2.24, 2.45) is 17.8 Å². The maximum atomic E-state index is 10.4. The van der Waals surface area contributed by atoms with Crippen LogP contribution in [0.5, 0.6) is 0 Å². The highest BCUT2D eigenvalue weighted by molar-refractivity contribution is 5.24. The van der Waals surface area contributed by atoms with E-state index < -0.39 is 5.60 Å². The van der Waals surface area contributed by atoms with Crippen molar-refractivity contribution in [1.82, 2.24) is 0 Å². The molecule has 0 bridgehead atoms. The summed E-state index contributed by atoms with van der Waals surface area (Å²) in [6.07, 6.45) is 6.64. The third-order valence-electron chi connectivity index (χ3n) is 4.51. The molecular weight excluding hydrogens is 196 g/mol. The standard InChI is InChI=1S/C15H24O/c1-10(2)12-6-5-11(3)13-7-8-15(4,16)14(13)9-12/h9-10,13-14,16H,3,5-8H2,1-2,4H3/t13-,14+,15+/m0/s1. The molecule has 0 unspecified atom stereocenters. The van der Waals surface area contributed by atoms with Crippen LogP contribution in [0.15, 0.2) is 23.8 Å². The zero-order chi connectivity index (χ0) is 11.9. The van der Waals surface area contributed by atoms with Crippen LogP contribution >= 0.6 is 0 Å². The fourth-order valence-corrected chi connectivity index (χ4v) is 3.27. The van der Waals surface area contributed by atoms with Gasteiger partial charge in [0.2, 0.25) is 0 Å². The Balaban J connectivity index is 2.33. The van der Waals surface area contributed by atoms with Crippen molar-refractivity contribution < 1.29 is 5.11 Å². The molecule has 1 fully saturated rings. The quantitative estimate of drug-likeness (QED) is 0.668. The second-order valence-electron chi connectivity index (χ2n) is 6.08. The molecule has 2 aliphatic carbocycles. The average molecular weight is 220 g/mol. The van der Waals surface area contributed by atoms with Gasteiger partial charge in [0.1, 0.15) is 0 Å². The second kappa shape index (κ2) is 4.03. The van der Waals surface area contributed by atoms with Crippen LogP contribution in [0.3, 0.4) is 0 Å². The Hall–Kier alpha value is -0.560. The Morgan fingerprint density at radius 1 is 1.44 bits per heavy atom. The molecule has 3 atom stereocenters. The number of rotatable bonds is 1. The molecule has 0 radical (unpaired) electrons. The first-order chi connectivity index (χ1) is 7.42. The van der Waals surface area contributed by atoms with Crippen LogP contribution < -0.4 is 0 Å². The first-order valence-electron chi connectivity index (χ1n) is 6.52. The van der Waals surface area contributed by atoms with E-state index >= 15 is 0 Å². The smallest absolute Gasteiger partial charge is 0.0688 e. The summed E-state index contributed by atoms with van der Waals surface area (Å²) in [6.45, 7) is 10.7. The molecule has 16 heavy (non-hydrogen) atoms. The number of allylic oxidation sites excluding steroid dienone is 2. The topological polar surface area (TPSA) is 20.2 Å². The van der Waals surface area contributed by atoms with Crippen molar-refractivity contribution in [1.29, 1.82) is 0 Å². The van der Waals surface area contributed by atoms with Gasteiger partial charge in [0.15, 0.2) is 0 Å². The number of hydrogen-bond acceptors (Lipinski definition) is 1. The van der Waals surface area contributed by atoms with Gasteiger partial charge in [-0.1, -0.05) is 37.6 Å². The van der Waals surface area contributed by atoms with E-state index in [4.69, 9.17) is 0 Å². The van der Waals surface area contributed by atoms with Crippen LogP contribution in [0.2, 0.25) is 0 Å². The second-order valence-corrected chi connectivity index (χ2v) is 6.08. The Labute approximate surface area is 99.3 Å². The van der Waals surface area contributed by atoms with Gasteiger partial charge >= 0.3 is 0 Å². The van der Waals surface area contributed by atoms with E-state index in [1.165, 1.54) is 11.1 Å². The maximum Gasteiger partial charge on any atom is 0.0688 e. The predicted octanol–water partition coefficient (Wildman–Crippen LogP) is 3.70. The summed E-state index contributed by atoms with van der Waals surface area (Å²) in [7, 11) is 0.